The summed E-state index contributed by atoms with van der Waals surface area (Å²) < 4.78 is 5.20. The van der Waals surface area contributed by atoms with Gasteiger partial charge in [0.1, 0.15) is 11.5 Å². The maximum absolute atomic E-state index is 12.1. The molecular weight excluding hydrogens is 292 g/mol. The van der Waals surface area contributed by atoms with Gasteiger partial charge in [-0.05, 0) is 36.4 Å². The van der Waals surface area contributed by atoms with Gasteiger partial charge in [0.15, 0.2) is 0 Å². The average molecular weight is 307 g/mol. The fourth-order valence-electron chi connectivity index (χ4n) is 1.90. The number of methoxy groups -OCH3 is 1. The van der Waals surface area contributed by atoms with Crippen molar-refractivity contribution >= 4 is 23.2 Å². The topological polar surface area (TPSA) is 84.6 Å². The van der Waals surface area contributed by atoms with E-state index < -0.39 is 5.91 Å². The number of amides is 1. The first-order chi connectivity index (χ1) is 10.0. The summed E-state index contributed by atoms with van der Waals surface area (Å²) in [4.78, 5) is 12.1. The Hall–Kier alpha value is -2.40. The van der Waals surface area contributed by atoms with Crippen molar-refractivity contribution in [2.45, 2.75) is 6.54 Å². The van der Waals surface area contributed by atoms with Crippen LogP contribution in [0.1, 0.15) is 15.9 Å². The highest BCUT2D eigenvalue weighted by Crippen LogP contribution is 2.23. The van der Waals surface area contributed by atoms with E-state index in [0.29, 0.717) is 16.5 Å². The molecule has 0 atom stereocenters. The van der Waals surface area contributed by atoms with Crippen LogP contribution in [0.5, 0.6) is 11.5 Å². The highest BCUT2D eigenvalue weighted by atomic mass is 35.5. The Balaban J connectivity index is 2.14. The number of hydrogen-bond donors (Lipinski definition) is 3. The first-order valence-corrected chi connectivity index (χ1v) is 6.58. The number of rotatable bonds is 4. The number of anilines is 1. The SMILES string of the molecule is COc1ccc(N)cc1CNC(=O)c1cc(Cl)ccc1O. The summed E-state index contributed by atoms with van der Waals surface area (Å²) >= 11 is 5.82. The zero-order valence-corrected chi connectivity index (χ0v) is 12.1. The molecular formula is C15H15ClN2O3. The van der Waals surface area contributed by atoms with E-state index in [1.54, 1.807) is 25.3 Å². The number of nitrogens with two attached hydrogens (primary N) is 1. The Kier molecular flexibility index (Phi) is 4.55. The Morgan fingerprint density at radius 2 is 2.10 bits per heavy atom. The van der Waals surface area contributed by atoms with Crippen molar-refractivity contribution in [3.05, 3.63) is 52.5 Å². The van der Waals surface area contributed by atoms with Gasteiger partial charge in [0.2, 0.25) is 0 Å². The van der Waals surface area contributed by atoms with Crippen LogP contribution in [0.2, 0.25) is 5.02 Å². The molecule has 6 heteroatoms. The van der Waals surface area contributed by atoms with Gasteiger partial charge >= 0.3 is 0 Å². The predicted molar refractivity (Wildman–Crippen MR) is 81.7 cm³/mol. The molecule has 0 aliphatic carbocycles. The monoisotopic (exact) mass is 306 g/mol. The summed E-state index contributed by atoms with van der Waals surface area (Å²) in [5.41, 5.74) is 7.15. The molecule has 0 heterocycles. The number of nitrogens with one attached hydrogen (secondary N) is 1. The van der Waals surface area contributed by atoms with E-state index in [2.05, 4.69) is 5.32 Å². The second-order valence-electron chi connectivity index (χ2n) is 4.42. The van der Waals surface area contributed by atoms with Crippen molar-refractivity contribution in [3.63, 3.8) is 0 Å². The second-order valence-corrected chi connectivity index (χ2v) is 4.85. The van der Waals surface area contributed by atoms with Crippen LogP contribution in [0.25, 0.3) is 0 Å². The summed E-state index contributed by atoms with van der Waals surface area (Å²) in [6.45, 7) is 0.221. The Morgan fingerprint density at radius 3 is 2.81 bits per heavy atom. The standard InChI is InChI=1S/C15H15ClN2O3/c1-21-14-5-3-11(17)6-9(14)8-18-15(20)12-7-10(16)2-4-13(12)19/h2-7,19H,8,17H2,1H3,(H,18,20). The zero-order chi connectivity index (χ0) is 15.4. The molecule has 2 aromatic carbocycles. The lowest BCUT2D eigenvalue weighted by atomic mass is 10.1. The number of benzene rings is 2. The van der Waals surface area contributed by atoms with Gasteiger partial charge in [0, 0.05) is 22.8 Å². The number of aromatic hydroxyl groups is 1. The fraction of sp³-hybridized carbons (Fsp3) is 0.133. The Labute approximate surface area is 127 Å². The number of carbonyl (C=O) groups is 1. The molecule has 0 aliphatic heterocycles. The van der Waals surface area contributed by atoms with Gasteiger partial charge in [-0.1, -0.05) is 11.6 Å². The molecule has 0 aromatic heterocycles. The van der Waals surface area contributed by atoms with E-state index in [4.69, 9.17) is 22.1 Å². The van der Waals surface area contributed by atoms with Gasteiger partial charge in [0.25, 0.3) is 5.91 Å². The van der Waals surface area contributed by atoms with Gasteiger partial charge in [-0.2, -0.15) is 0 Å². The van der Waals surface area contributed by atoms with Gasteiger partial charge in [-0.3, -0.25) is 4.79 Å². The van der Waals surface area contributed by atoms with Crippen molar-refractivity contribution in [1.82, 2.24) is 5.32 Å². The molecule has 0 bridgehead atoms. The van der Waals surface area contributed by atoms with Crippen LogP contribution in [-0.2, 0) is 6.54 Å². The maximum atomic E-state index is 12.1. The van der Waals surface area contributed by atoms with E-state index in [1.165, 1.54) is 18.2 Å². The van der Waals surface area contributed by atoms with Crippen LogP contribution in [0.15, 0.2) is 36.4 Å². The first-order valence-electron chi connectivity index (χ1n) is 6.20. The minimum atomic E-state index is -0.431. The summed E-state index contributed by atoms with van der Waals surface area (Å²) in [5, 5.41) is 12.7. The maximum Gasteiger partial charge on any atom is 0.255 e. The average Bonchev–Trinajstić information content (AvgIpc) is 2.47. The summed E-state index contributed by atoms with van der Waals surface area (Å²) in [5.74, 6) is 0.0655. The molecule has 0 radical (unpaired) electrons. The van der Waals surface area contributed by atoms with Crippen molar-refractivity contribution in [1.29, 1.82) is 0 Å². The fourth-order valence-corrected chi connectivity index (χ4v) is 2.07. The number of halogens is 1. The number of nitrogen functional groups attached to an aromatic ring is 1. The minimum Gasteiger partial charge on any atom is -0.507 e. The zero-order valence-electron chi connectivity index (χ0n) is 11.4. The van der Waals surface area contributed by atoms with Crippen molar-refractivity contribution in [2.75, 3.05) is 12.8 Å². The molecule has 2 aromatic rings. The van der Waals surface area contributed by atoms with E-state index in [-0.39, 0.29) is 17.9 Å². The van der Waals surface area contributed by atoms with Crippen molar-refractivity contribution in [2.24, 2.45) is 0 Å². The number of phenols is 1. The molecule has 0 unspecified atom stereocenters. The molecule has 2 rings (SSSR count). The van der Waals surface area contributed by atoms with Crippen molar-refractivity contribution < 1.29 is 14.6 Å². The third-order valence-electron chi connectivity index (χ3n) is 2.95. The van der Waals surface area contributed by atoms with Gasteiger partial charge in [0.05, 0.1) is 12.7 Å². The van der Waals surface area contributed by atoms with E-state index >= 15 is 0 Å². The van der Waals surface area contributed by atoms with Crippen LogP contribution < -0.4 is 15.8 Å². The summed E-state index contributed by atoms with van der Waals surface area (Å²) in [6.07, 6.45) is 0. The molecule has 1 amide bonds. The summed E-state index contributed by atoms with van der Waals surface area (Å²) in [7, 11) is 1.54. The van der Waals surface area contributed by atoms with E-state index in [0.717, 1.165) is 5.56 Å². The lowest BCUT2D eigenvalue weighted by Gasteiger charge is -2.11. The predicted octanol–water partition coefficient (Wildman–Crippen LogP) is 2.57. The van der Waals surface area contributed by atoms with Crippen molar-refractivity contribution in [3.8, 4) is 11.5 Å². The smallest absolute Gasteiger partial charge is 0.255 e. The second kappa shape index (κ2) is 6.37. The van der Waals surface area contributed by atoms with Crippen LogP contribution in [0.4, 0.5) is 5.69 Å². The highest BCUT2D eigenvalue weighted by Gasteiger charge is 2.12. The number of ether oxygens (including phenoxy) is 1. The quantitative estimate of drug-likeness (QED) is 0.758. The van der Waals surface area contributed by atoms with Gasteiger partial charge in [-0.15, -0.1) is 0 Å². The lowest BCUT2D eigenvalue weighted by molar-refractivity contribution is 0.0948. The van der Waals surface area contributed by atoms with Gasteiger partial charge < -0.3 is 20.9 Å². The molecule has 0 spiro atoms. The molecule has 0 fully saturated rings. The number of phenolic OH excluding ortho intramolecular Hbond substituents is 1. The van der Waals surface area contributed by atoms with Crippen LogP contribution in [0, 0.1) is 0 Å². The number of carbonyl (C=O) groups excluding carboxylic acids is 1. The van der Waals surface area contributed by atoms with Crippen LogP contribution in [-0.4, -0.2) is 18.1 Å². The largest absolute Gasteiger partial charge is 0.507 e. The molecule has 4 N–H and O–H groups in total. The Morgan fingerprint density at radius 1 is 1.33 bits per heavy atom. The third-order valence-corrected chi connectivity index (χ3v) is 3.18. The van der Waals surface area contributed by atoms with E-state index in [9.17, 15) is 9.90 Å². The van der Waals surface area contributed by atoms with E-state index in [1.807, 2.05) is 0 Å². The van der Waals surface area contributed by atoms with Crippen LogP contribution in [0.3, 0.4) is 0 Å². The molecule has 21 heavy (non-hydrogen) atoms. The molecule has 0 saturated carbocycles. The first kappa shape index (κ1) is 15.0. The molecule has 0 saturated heterocycles. The Bertz CT molecular complexity index is 674. The lowest BCUT2D eigenvalue weighted by Crippen LogP contribution is -2.23. The normalized spacial score (nSPS) is 10.2. The minimum absolute atomic E-state index is 0.116. The summed E-state index contributed by atoms with van der Waals surface area (Å²) in [6, 6.07) is 9.45. The third kappa shape index (κ3) is 3.58. The molecule has 0 aliphatic rings. The van der Waals surface area contributed by atoms with Gasteiger partial charge in [-0.25, -0.2) is 0 Å². The number of hydrogen-bond acceptors (Lipinski definition) is 4. The molecule has 5 nitrogen and oxygen atoms in total. The molecule has 110 valence electrons. The van der Waals surface area contributed by atoms with Crippen LogP contribution >= 0.6 is 11.6 Å². The highest BCUT2D eigenvalue weighted by molar-refractivity contribution is 6.31.